The van der Waals surface area contributed by atoms with Crippen molar-refractivity contribution in [3.8, 4) is 0 Å². The van der Waals surface area contributed by atoms with Crippen molar-refractivity contribution in [1.82, 2.24) is 5.32 Å². The zero-order valence-electron chi connectivity index (χ0n) is 13.3. The fourth-order valence-electron chi connectivity index (χ4n) is 2.66. The maximum absolute atomic E-state index is 10.0. The van der Waals surface area contributed by atoms with Gasteiger partial charge in [-0.3, -0.25) is 0 Å². The molecule has 1 aromatic carbocycles. The number of aliphatic hydroxyl groups is 1. The third kappa shape index (κ3) is 4.60. The molecular weight excluding hydrogens is 284 g/mol. The molecule has 2 rings (SSSR count). The van der Waals surface area contributed by atoms with E-state index in [9.17, 15) is 5.11 Å². The van der Waals surface area contributed by atoms with Crippen molar-refractivity contribution in [2.24, 2.45) is 11.8 Å². The van der Waals surface area contributed by atoms with Crippen LogP contribution in [0.25, 0.3) is 0 Å². The monoisotopic (exact) mass is 310 g/mol. The highest BCUT2D eigenvalue weighted by molar-refractivity contribution is 6.31. The topological polar surface area (TPSA) is 35.5 Å². The van der Waals surface area contributed by atoms with Gasteiger partial charge in [-0.05, 0) is 42.5 Å². The highest BCUT2D eigenvalue weighted by Crippen LogP contribution is 2.27. The first-order valence-corrected chi connectivity index (χ1v) is 8.27. The van der Waals surface area contributed by atoms with Crippen LogP contribution in [0.2, 0.25) is 5.02 Å². The van der Waals surface area contributed by atoms with Gasteiger partial charge in [0, 0.05) is 30.3 Å². The van der Waals surface area contributed by atoms with Crippen LogP contribution < -0.4 is 10.2 Å². The number of anilines is 1. The number of halogens is 1. The average Bonchev–Trinajstić information content (AvgIpc) is 2.43. The predicted molar refractivity (Wildman–Crippen MR) is 90.0 cm³/mol. The van der Waals surface area contributed by atoms with Gasteiger partial charge in [-0.1, -0.05) is 38.4 Å². The Hall–Kier alpha value is -0.770. The molecule has 118 valence electrons. The van der Waals surface area contributed by atoms with E-state index >= 15 is 0 Å². The number of benzene rings is 1. The van der Waals surface area contributed by atoms with E-state index in [4.69, 9.17) is 11.6 Å². The van der Waals surface area contributed by atoms with Crippen LogP contribution in [0.1, 0.15) is 32.8 Å². The van der Waals surface area contributed by atoms with E-state index < -0.39 is 0 Å². The van der Waals surface area contributed by atoms with Gasteiger partial charge in [-0.15, -0.1) is 0 Å². The second-order valence-corrected chi connectivity index (χ2v) is 6.99. The molecule has 1 fully saturated rings. The summed E-state index contributed by atoms with van der Waals surface area (Å²) in [5.41, 5.74) is 2.24. The van der Waals surface area contributed by atoms with E-state index in [0.717, 1.165) is 42.3 Å². The van der Waals surface area contributed by atoms with Crippen LogP contribution >= 0.6 is 11.6 Å². The molecule has 0 radical (unpaired) electrons. The van der Waals surface area contributed by atoms with Crippen molar-refractivity contribution in [1.29, 1.82) is 0 Å². The summed E-state index contributed by atoms with van der Waals surface area (Å²) in [6.45, 7) is 9.98. The molecule has 1 aliphatic heterocycles. The smallest absolute Gasteiger partial charge is 0.0741 e. The van der Waals surface area contributed by atoms with E-state index in [2.05, 4.69) is 43.1 Å². The Morgan fingerprint density at radius 2 is 2.19 bits per heavy atom. The minimum atomic E-state index is -0.245. The van der Waals surface area contributed by atoms with Crippen LogP contribution in [0.4, 0.5) is 5.69 Å². The van der Waals surface area contributed by atoms with Crippen molar-refractivity contribution in [2.45, 2.75) is 39.8 Å². The molecule has 1 heterocycles. The Morgan fingerprint density at radius 1 is 1.43 bits per heavy atom. The number of nitrogens with one attached hydrogen (secondary N) is 1. The number of hydrogen-bond acceptors (Lipinski definition) is 3. The molecule has 0 amide bonds. The number of rotatable bonds is 5. The molecule has 1 saturated heterocycles. The second kappa shape index (κ2) is 7.48. The van der Waals surface area contributed by atoms with E-state index in [1.807, 2.05) is 6.07 Å². The number of piperidine rings is 1. The summed E-state index contributed by atoms with van der Waals surface area (Å²) in [5.74, 6) is 1.02. The molecule has 0 spiro atoms. The molecule has 21 heavy (non-hydrogen) atoms. The molecule has 0 bridgehead atoms. The first-order valence-electron chi connectivity index (χ1n) is 7.89. The zero-order chi connectivity index (χ0) is 15.4. The van der Waals surface area contributed by atoms with Gasteiger partial charge in [-0.2, -0.15) is 0 Å². The van der Waals surface area contributed by atoms with E-state index in [-0.39, 0.29) is 6.10 Å². The van der Waals surface area contributed by atoms with Crippen LogP contribution in [0.5, 0.6) is 0 Å². The Bertz CT molecular complexity index is 464. The third-order valence-corrected chi connectivity index (χ3v) is 4.54. The summed E-state index contributed by atoms with van der Waals surface area (Å²) < 4.78 is 0. The molecule has 3 nitrogen and oxygen atoms in total. The van der Waals surface area contributed by atoms with Crippen molar-refractivity contribution in [3.63, 3.8) is 0 Å². The Morgan fingerprint density at radius 3 is 2.81 bits per heavy atom. The summed E-state index contributed by atoms with van der Waals surface area (Å²) in [6.07, 6.45) is 0.779. The third-order valence-electron chi connectivity index (χ3n) is 4.19. The molecule has 0 aliphatic carbocycles. The van der Waals surface area contributed by atoms with Crippen molar-refractivity contribution >= 4 is 17.3 Å². The fourth-order valence-corrected chi connectivity index (χ4v) is 2.90. The first-order chi connectivity index (χ1) is 9.97. The summed E-state index contributed by atoms with van der Waals surface area (Å²) >= 11 is 6.40. The highest BCUT2D eigenvalue weighted by atomic mass is 35.5. The van der Waals surface area contributed by atoms with Gasteiger partial charge in [0.2, 0.25) is 0 Å². The second-order valence-electron chi connectivity index (χ2n) is 6.58. The normalized spacial score (nSPS) is 22.9. The molecule has 0 aromatic heterocycles. The maximum atomic E-state index is 10.0. The number of nitrogens with zero attached hydrogens (tertiary/aromatic N) is 1. The van der Waals surface area contributed by atoms with Crippen molar-refractivity contribution in [2.75, 3.05) is 24.5 Å². The average molecular weight is 311 g/mol. The van der Waals surface area contributed by atoms with E-state index in [1.54, 1.807) is 0 Å². The molecule has 1 aromatic rings. The number of aliphatic hydroxyl groups excluding tert-OH is 1. The van der Waals surface area contributed by atoms with Crippen LogP contribution in [-0.4, -0.2) is 30.8 Å². The molecule has 2 unspecified atom stereocenters. The Balaban J connectivity index is 1.98. The van der Waals surface area contributed by atoms with Crippen LogP contribution in [0.3, 0.4) is 0 Å². The van der Waals surface area contributed by atoms with Crippen molar-refractivity contribution < 1.29 is 5.11 Å². The minimum Gasteiger partial charge on any atom is -0.391 e. The fraction of sp³-hybridized carbons (Fsp3) is 0.647. The van der Waals surface area contributed by atoms with Crippen LogP contribution in [0, 0.1) is 11.8 Å². The van der Waals surface area contributed by atoms with Crippen LogP contribution in [-0.2, 0) is 6.54 Å². The summed E-state index contributed by atoms with van der Waals surface area (Å²) in [4.78, 5) is 2.22. The molecular formula is C17H27ClN2O. The van der Waals surface area contributed by atoms with Gasteiger partial charge in [0.05, 0.1) is 6.10 Å². The SMILES string of the molecule is CC(C)CNCc1ccc(N2CCC(C)C(O)C2)cc1Cl. The van der Waals surface area contributed by atoms with Crippen molar-refractivity contribution in [3.05, 3.63) is 28.8 Å². The molecule has 1 aliphatic rings. The Kier molecular flexibility index (Phi) is 5.91. The predicted octanol–water partition coefficient (Wildman–Crippen LogP) is 3.29. The number of β-amino-alcohol motifs (C(OH)–C–C–N with tert-alkyl or cyclic N) is 1. The lowest BCUT2D eigenvalue weighted by molar-refractivity contribution is 0.103. The standard InChI is InChI=1S/C17H27ClN2O/c1-12(2)9-19-10-14-4-5-15(8-16(14)18)20-7-6-13(3)17(21)11-20/h4-5,8,12-13,17,19,21H,6-7,9-11H2,1-3H3. The molecule has 0 saturated carbocycles. The summed E-state index contributed by atoms with van der Waals surface area (Å²) in [6, 6.07) is 6.23. The van der Waals surface area contributed by atoms with E-state index in [0.29, 0.717) is 18.4 Å². The van der Waals surface area contributed by atoms with Gasteiger partial charge in [0.15, 0.2) is 0 Å². The molecule has 2 atom stereocenters. The molecule has 2 N–H and O–H groups in total. The van der Waals surface area contributed by atoms with Gasteiger partial charge < -0.3 is 15.3 Å². The van der Waals surface area contributed by atoms with Gasteiger partial charge >= 0.3 is 0 Å². The molecule has 4 heteroatoms. The van der Waals surface area contributed by atoms with Gasteiger partial charge in [0.1, 0.15) is 0 Å². The minimum absolute atomic E-state index is 0.245. The lowest BCUT2D eigenvalue weighted by Gasteiger charge is -2.36. The zero-order valence-corrected chi connectivity index (χ0v) is 14.0. The lowest BCUT2D eigenvalue weighted by atomic mass is 9.95. The van der Waals surface area contributed by atoms with E-state index in [1.165, 1.54) is 0 Å². The number of hydrogen-bond donors (Lipinski definition) is 2. The van der Waals surface area contributed by atoms with Gasteiger partial charge in [-0.25, -0.2) is 0 Å². The van der Waals surface area contributed by atoms with Gasteiger partial charge in [0.25, 0.3) is 0 Å². The highest BCUT2D eigenvalue weighted by Gasteiger charge is 2.24. The quantitative estimate of drug-likeness (QED) is 0.876. The first kappa shape index (κ1) is 16.6. The largest absolute Gasteiger partial charge is 0.391 e. The lowest BCUT2D eigenvalue weighted by Crippen LogP contribution is -2.42. The maximum Gasteiger partial charge on any atom is 0.0741 e. The summed E-state index contributed by atoms with van der Waals surface area (Å²) in [7, 11) is 0. The summed E-state index contributed by atoms with van der Waals surface area (Å²) in [5, 5.41) is 14.2. The Labute approximate surface area is 133 Å². The van der Waals surface area contributed by atoms with Crippen LogP contribution in [0.15, 0.2) is 18.2 Å².